The molecule has 0 fully saturated rings. The Labute approximate surface area is 135 Å². The minimum absolute atomic E-state index is 0.166. The Bertz CT molecular complexity index is 735. The number of esters is 1. The molecule has 0 atom stereocenters. The number of hydrogen-bond donors (Lipinski definition) is 1. The highest BCUT2D eigenvalue weighted by Crippen LogP contribution is 2.28. The molecule has 0 saturated carbocycles. The smallest absolute Gasteiger partial charge is 0.337 e. The molecular weight excluding hydrogens is 290 g/mol. The Kier molecular flexibility index (Phi) is 4.42. The van der Waals surface area contributed by atoms with Crippen LogP contribution in [0.15, 0.2) is 42.5 Å². The highest BCUT2D eigenvalue weighted by molar-refractivity contribution is 6.05. The number of rotatable bonds is 3. The molecule has 23 heavy (non-hydrogen) atoms. The molecule has 2 aromatic rings. The number of amides is 1. The zero-order chi connectivity index (χ0) is 16.2. The van der Waals surface area contributed by atoms with Crippen molar-refractivity contribution >= 4 is 17.6 Å². The molecule has 3 rings (SSSR count). The summed E-state index contributed by atoms with van der Waals surface area (Å²) in [7, 11) is 1.33. The molecule has 0 aliphatic heterocycles. The number of fused-ring (bicyclic) bond motifs is 1. The molecule has 1 aliphatic rings. The Morgan fingerprint density at radius 1 is 0.957 bits per heavy atom. The summed E-state index contributed by atoms with van der Waals surface area (Å²) < 4.78 is 4.65. The SMILES string of the molecule is COC(=O)c1ccc(C(=O)Nc2cccc3c2CCCC3)cc1. The van der Waals surface area contributed by atoms with Crippen molar-refractivity contribution in [1.82, 2.24) is 0 Å². The fourth-order valence-corrected chi connectivity index (χ4v) is 2.97. The van der Waals surface area contributed by atoms with Gasteiger partial charge < -0.3 is 10.1 Å². The molecule has 4 heteroatoms. The first kappa shape index (κ1) is 15.3. The van der Waals surface area contributed by atoms with Gasteiger partial charge >= 0.3 is 5.97 Å². The van der Waals surface area contributed by atoms with Gasteiger partial charge in [0.25, 0.3) is 5.91 Å². The van der Waals surface area contributed by atoms with Crippen LogP contribution in [0.3, 0.4) is 0 Å². The second-order valence-electron chi connectivity index (χ2n) is 5.67. The van der Waals surface area contributed by atoms with Crippen LogP contribution in [-0.4, -0.2) is 19.0 Å². The number of hydrogen-bond acceptors (Lipinski definition) is 3. The van der Waals surface area contributed by atoms with Crippen molar-refractivity contribution < 1.29 is 14.3 Å². The Balaban J connectivity index is 1.78. The van der Waals surface area contributed by atoms with Crippen molar-refractivity contribution in [1.29, 1.82) is 0 Å². The van der Waals surface area contributed by atoms with Crippen LogP contribution in [0.4, 0.5) is 5.69 Å². The van der Waals surface area contributed by atoms with Gasteiger partial charge in [-0.2, -0.15) is 0 Å². The van der Waals surface area contributed by atoms with Crippen LogP contribution in [0.1, 0.15) is 44.7 Å². The number of carbonyl (C=O) groups is 2. The van der Waals surface area contributed by atoms with E-state index in [-0.39, 0.29) is 5.91 Å². The number of benzene rings is 2. The van der Waals surface area contributed by atoms with E-state index in [4.69, 9.17) is 0 Å². The van der Waals surface area contributed by atoms with Gasteiger partial charge in [-0.25, -0.2) is 4.79 Å². The molecule has 4 nitrogen and oxygen atoms in total. The lowest BCUT2D eigenvalue weighted by Crippen LogP contribution is -2.15. The van der Waals surface area contributed by atoms with Crippen molar-refractivity contribution in [3.05, 3.63) is 64.7 Å². The molecule has 0 heterocycles. The second-order valence-corrected chi connectivity index (χ2v) is 5.67. The van der Waals surface area contributed by atoms with E-state index in [1.54, 1.807) is 24.3 Å². The van der Waals surface area contributed by atoms with Gasteiger partial charge in [0.05, 0.1) is 12.7 Å². The van der Waals surface area contributed by atoms with Crippen LogP contribution in [0.5, 0.6) is 0 Å². The summed E-state index contributed by atoms with van der Waals surface area (Å²) in [6.45, 7) is 0. The van der Waals surface area contributed by atoms with Crippen molar-refractivity contribution in [2.45, 2.75) is 25.7 Å². The summed E-state index contributed by atoms with van der Waals surface area (Å²) >= 11 is 0. The molecule has 118 valence electrons. The first-order valence-corrected chi connectivity index (χ1v) is 7.79. The van der Waals surface area contributed by atoms with Crippen molar-refractivity contribution in [3.63, 3.8) is 0 Å². The van der Waals surface area contributed by atoms with Gasteiger partial charge in [0, 0.05) is 11.3 Å². The first-order valence-electron chi connectivity index (χ1n) is 7.79. The number of ether oxygens (including phenoxy) is 1. The number of carbonyl (C=O) groups excluding carboxylic acids is 2. The first-order chi connectivity index (χ1) is 11.2. The molecule has 0 aromatic heterocycles. The number of methoxy groups -OCH3 is 1. The predicted octanol–water partition coefficient (Wildman–Crippen LogP) is 3.60. The lowest BCUT2D eigenvalue weighted by atomic mass is 9.90. The van der Waals surface area contributed by atoms with E-state index in [1.807, 2.05) is 12.1 Å². The fraction of sp³-hybridized carbons (Fsp3) is 0.263. The van der Waals surface area contributed by atoms with Crippen LogP contribution >= 0.6 is 0 Å². The zero-order valence-electron chi connectivity index (χ0n) is 13.1. The Hall–Kier alpha value is -2.62. The van der Waals surface area contributed by atoms with Gasteiger partial charge in [0.1, 0.15) is 0 Å². The maximum Gasteiger partial charge on any atom is 0.337 e. The van der Waals surface area contributed by atoms with E-state index < -0.39 is 5.97 Å². The van der Waals surface area contributed by atoms with Gasteiger partial charge in [0.15, 0.2) is 0 Å². The number of aryl methyl sites for hydroxylation is 1. The maximum atomic E-state index is 12.4. The van der Waals surface area contributed by atoms with Crippen LogP contribution in [0.25, 0.3) is 0 Å². The molecule has 1 amide bonds. The van der Waals surface area contributed by atoms with Gasteiger partial charge in [-0.1, -0.05) is 12.1 Å². The minimum Gasteiger partial charge on any atom is -0.465 e. The molecule has 1 aliphatic carbocycles. The van der Waals surface area contributed by atoms with Gasteiger partial charge in [-0.05, 0) is 67.1 Å². The molecule has 0 spiro atoms. The van der Waals surface area contributed by atoms with Gasteiger partial charge in [0.2, 0.25) is 0 Å². The summed E-state index contributed by atoms with van der Waals surface area (Å²) in [6.07, 6.45) is 4.45. The molecule has 0 bridgehead atoms. The summed E-state index contributed by atoms with van der Waals surface area (Å²) in [5.41, 5.74) is 4.42. The van der Waals surface area contributed by atoms with E-state index in [1.165, 1.54) is 24.7 Å². The lowest BCUT2D eigenvalue weighted by molar-refractivity contribution is 0.0600. The van der Waals surface area contributed by atoms with Crippen LogP contribution < -0.4 is 5.32 Å². The van der Waals surface area contributed by atoms with Crippen molar-refractivity contribution in [3.8, 4) is 0 Å². The topological polar surface area (TPSA) is 55.4 Å². The normalized spacial score (nSPS) is 13.1. The quantitative estimate of drug-likeness (QED) is 0.881. The predicted molar refractivity (Wildman–Crippen MR) is 88.8 cm³/mol. The van der Waals surface area contributed by atoms with Crippen LogP contribution in [-0.2, 0) is 17.6 Å². The van der Waals surface area contributed by atoms with Crippen molar-refractivity contribution in [2.24, 2.45) is 0 Å². The van der Waals surface area contributed by atoms with E-state index in [0.717, 1.165) is 24.9 Å². The van der Waals surface area contributed by atoms with Gasteiger partial charge in [-0.3, -0.25) is 4.79 Å². The monoisotopic (exact) mass is 309 g/mol. The number of nitrogens with one attached hydrogen (secondary N) is 1. The van der Waals surface area contributed by atoms with E-state index in [9.17, 15) is 9.59 Å². The second kappa shape index (κ2) is 6.65. The van der Waals surface area contributed by atoms with E-state index >= 15 is 0 Å². The minimum atomic E-state index is -0.408. The highest BCUT2D eigenvalue weighted by Gasteiger charge is 2.15. The third kappa shape index (κ3) is 3.26. The molecule has 2 aromatic carbocycles. The lowest BCUT2D eigenvalue weighted by Gasteiger charge is -2.19. The summed E-state index contributed by atoms with van der Waals surface area (Å²) in [5, 5.41) is 2.99. The maximum absolute atomic E-state index is 12.4. The zero-order valence-corrected chi connectivity index (χ0v) is 13.1. The average molecular weight is 309 g/mol. The third-order valence-electron chi connectivity index (χ3n) is 4.21. The largest absolute Gasteiger partial charge is 0.465 e. The summed E-state index contributed by atoms with van der Waals surface area (Å²) in [6, 6.07) is 12.5. The molecule has 0 saturated heterocycles. The standard InChI is InChI=1S/C19H19NO3/c1-23-19(22)15-11-9-14(10-12-15)18(21)20-17-8-4-6-13-5-2-3-7-16(13)17/h4,6,8-12H,2-3,5,7H2,1H3,(H,20,21). The number of anilines is 1. The van der Waals surface area contributed by atoms with Crippen LogP contribution in [0.2, 0.25) is 0 Å². The Morgan fingerprint density at radius 3 is 2.39 bits per heavy atom. The highest BCUT2D eigenvalue weighted by atomic mass is 16.5. The van der Waals surface area contributed by atoms with Gasteiger partial charge in [-0.15, -0.1) is 0 Å². The average Bonchev–Trinajstić information content (AvgIpc) is 2.61. The molecule has 0 unspecified atom stereocenters. The summed E-state index contributed by atoms with van der Waals surface area (Å²) in [5.74, 6) is -0.575. The molecule has 0 radical (unpaired) electrons. The Morgan fingerprint density at radius 2 is 1.65 bits per heavy atom. The van der Waals surface area contributed by atoms with E-state index in [0.29, 0.717) is 11.1 Å². The van der Waals surface area contributed by atoms with E-state index in [2.05, 4.69) is 16.1 Å². The molecular formula is C19H19NO3. The molecule has 1 N–H and O–H groups in total. The fourth-order valence-electron chi connectivity index (χ4n) is 2.97. The van der Waals surface area contributed by atoms with Crippen molar-refractivity contribution in [2.75, 3.05) is 12.4 Å². The summed E-state index contributed by atoms with van der Waals surface area (Å²) in [4.78, 5) is 23.8. The third-order valence-corrected chi connectivity index (χ3v) is 4.21. The van der Waals surface area contributed by atoms with Crippen LogP contribution in [0, 0.1) is 0 Å².